The van der Waals surface area contributed by atoms with E-state index in [1.54, 1.807) is 0 Å². The van der Waals surface area contributed by atoms with Crippen LogP contribution in [0, 0.1) is 16.7 Å². The first-order valence-electron chi connectivity index (χ1n) is 5.11. The van der Waals surface area contributed by atoms with E-state index in [0.29, 0.717) is 5.56 Å². The zero-order valence-electron chi connectivity index (χ0n) is 9.67. The van der Waals surface area contributed by atoms with Gasteiger partial charge >= 0.3 is 0 Å². The van der Waals surface area contributed by atoms with E-state index in [9.17, 15) is 0 Å². The molecule has 0 N–H and O–H groups in total. The molecule has 78 valence electrons. The normalized spacial score (nSPS) is 10.8. The summed E-state index contributed by atoms with van der Waals surface area (Å²) in [5.41, 5.74) is 3.27. The fourth-order valence-corrected chi connectivity index (χ4v) is 1.36. The lowest BCUT2D eigenvalue weighted by molar-refractivity contribution is 0.445. The summed E-state index contributed by atoms with van der Waals surface area (Å²) in [4.78, 5) is 0. The number of hydrogen-bond acceptors (Lipinski definition) is 1. The zero-order chi connectivity index (χ0) is 11.5. The molecular weight excluding hydrogens is 182 g/mol. The van der Waals surface area contributed by atoms with Gasteiger partial charge in [-0.1, -0.05) is 38.1 Å². The third kappa shape index (κ3) is 2.95. The van der Waals surface area contributed by atoms with Gasteiger partial charge in [0.25, 0.3) is 0 Å². The number of allylic oxidation sites excluding steroid dienone is 1. The summed E-state index contributed by atoms with van der Waals surface area (Å²) < 4.78 is 0. The van der Waals surface area contributed by atoms with Crippen molar-refractivity contribution in [1.82, 2.24) is 0 Å². The maximum atomic E-state index is 8.69. The molecule has 0 saturated carbocycles. The first kappa shape index (κ1) is 11.5. The van der Waals surface area contributed by atoms with Gasteiger partial charge in [0.2, 0.25) is 0 Å². The molecule has 0 aliphatic heterocycles. The Kier molecular flexibility index (Phi) is 3.31. The van der Waals surface area contributed by atoms with Crippen LogP contribution < -0.4 is 0 Å². The second-order valence-electron chi connectivity index (χ2n) is 4.65. The van der Waals surface area contributed by atoms with Gasteiger partial charge < -0.3 is 0 Å². The summed E-state index contributed by atoms with van der Waals surface area (Å²) in [6.45, 7) is 10.4. The molecule has 0 heterocycles. The molecule has 0 saturated heterocycles. The molecule has 0 aromatic heterocycles. The number of nitrogens with zero attached hydrogens (tertiary/aromatic N) is 1. The third-order valence-electron chi connectivity index (χ3n) is 2.88. The minimum atomic E-state index is 0.119. The number of hydrogen-bond donors (Lipinski definition) is 0. The molecule has 1 nitrogen and oxygen atoms in total. The van der Waals surface area contributed by atoms with E-state index < -0.39 is 0 Å². The summed E-state index contributed by atoms with van der Waals surface area (Å²) in [6.07, 6.45) is 0.966. The molecule has 0 fully saturated rings. The van der Waals surface area contributed by atoms with Crippen LogP contribution in [0.2, 0.25) is 0 Å². The predicted molar refractivity (Wildman–Crippen MR) is 63.5 cm³/mol. The molecule has 1 rings (SSSR count). The van der Waals surface area contributed by atoms with Crippen LogP contribution in [-0.4, -0.2) is 0 Å². The predicted octanol–water partition coefficient (Wildman–Crippen LogP) is 3.70. The van der Waals surface area contributed by atoms with Crippen molar-refractivity contribution in [2.24, 2.45) is 5.41 Å². The molecule has 1 aromatic rings. The van der Waals surface area contributed by atoms with Gasteiger partial charge in [0.15, 0.2) is 0 Å². The Morgan fingerprint density at radius 1 is 1.33 bits per heavy atom. The summed E-state index contributed by atoms with van der Waals surface area (Å²) in [5.74, 6) is 0. The van der Waals surface area contributed by atoms with E-state index in [2.05, 4.69) is 33.4 Å². The van der Waals surface area contributed by atoms with Crippen LogP contribution in [0.1, 0.15) is 31.9 Å². The molecule has 0 unspecified atom stereocenters. The van der Waals surface area contributed by atoms with Gasteiger partial charge in [-0.2, -0.15) is 5.26 Å². The Balaban J connectivity index is 2.83. The van der Waals surface area contributed by atoms with E-state index >= 15 is 0 Å². The SMILES string of the molecule is C=C(C)C(C)(C)Cc1ccc(C#N)cc1. The van der Waals surface area contributed by atoms with E-state index in [-0.39, 0.29) is 5.41 Å². The number of benzene rings is 1. The van der Waals surface area contributed by atoms with Crippen molar-refractivity contribution in [3.63, 3.8) is 0 Å². The lowest BCUT2D eigenvalue weighted by atomic mass is 9.80. The van der Waals surface area contributed by atoms with Crippen LogP contribution in [0.4, 0.5) is 0 Å². The molecule has 15 heavy (non-hydrogen) atoms. The van der Waals surface area contributed by atoms with Gasteiger partial charge in [-0.25, -0.2) is 0 Å². The van der Waals surface area contributed by atoms with Crippen LogP contribution in [0.5, 0.6) is 0 Å². The van der Waals surface area contributed by atoms with Crippen molar-refractivity contribution in [3.8, 4) is 6.07 Å². The highest BCUT2D eigenvalue weighted by atomic mass is 14.2. The smallest absolute Gasteiger partial charge is 0.0991 e. The molecule has 0 amide bonds. The van der Waals surface area contributed by atoms with Crippen molar-refractivity contribution in [2.45, 2.75) is 27.2 Å². The maximum absolute atomic E-state index is 8.69. The van der Waals surface area contributed by atoms with Gasteiger partial charge in [0, 0.05) is 0 Å². The Bertz CT molecular complexity index is 390. The van der Waals surface area contributed by atoms with Crippen molar-refractivity contribution in [3.05, 3.63) is 47.5 Å². The lowest BCUT2D eigenvalue weighted by Gasteiger charge is -2.25. The fraction of sp³-hybridized carbons (Fsp3) is 0.357. The third-order valence-corrected chi connectivity index (χ3v) is 2.88. The summed E-state index contributed by atoms with van der Waals surface area (Å²) in [7, 11) is 0. The van der Waals surface area contributed by atoms with E-state index in [1.165, 1.54) is 11.1 Å². The van der Waals surface area contributed by atoms with Gasteiger partial charge in [0.1, 0.15) is 0 Å². The molecule has 0 bridgehead atoms. The largest absolute Gasteiger partial charge is 0.192 e. The van der Waals surface area contributed by atoms with E-state index in [0.717, 1.165) is 6.42 Å². The Morgan fingerprint density at radius 3 is 2.27 bits per heavy atom. The average Bonchev–Trinajstić information content (AvgIpc) is 2.18. The Hall–Kier alpha value is -1.55. The molecule has 1 heteroatoms. The summed E-state index contributed by atoms with van der Waals surface area (Å²) in [6, 6.07) is 9.89. The quantitative estimate of drug-likeness (QED) is 0.681. The van der Waals surface area contributed by atoms with Crippen molar-refractivity contribution in [1.29, 1.82) is 5.26 Å². The molecule has 0 radical (unpaired) electrons. The second-order valence-corrected chi connectivity index (χ2v) is 4.65. The van der Waals surface area contributed by atoms with Gasteiger partial charge in [-0.15, -0.1) is 0 Å². The Labute approximate surface area is 92.1 Å². The second kappa shape index (κ2) is 4.31. The van der Waals surface area contributed by atoms with Crippen LogP contribution >= 0.6 is 0 Å². The standard InChI is InChI=1S/C14H17N/c1-11(2)14(3,4)9-12-5-7-13(10-15)8-6-12/h5-8H,1,9H2,2-4H3. The molecule has 0 spiro atoms. The molecule has 1 aromatic carbocycles. The minimum Gasteiger partial charge on any atom is -0.192 e. The highest BCUT2D eigenvalue weighted by Gasteiger charge is 2.18. The van der Waals surface area contributed by atoms with Crippen molar-refractivity contribution >= 4 is 0 Å². The lowest BCUT2D eigenvalue weighted by Crippen LogP contribution is -2.15. The molecule has 0 aliphatic carbocycles. The van der Waals surface area contributed by atoms with Crippen molar-refractivity contribution in [2.75, 3.05) is 0 Å². The summed E-state index contributed by atoms with van der Waals surface area (Å²) in [5, 5.41) is 8.69. The van der Waals surface area contributed by atoms with Gasteiger partial charge in [-0.3, -0.25) is 0 Å². The number of rotatable bonds is 3. The molecule has 0 atom stereocenters. The van der Waals surface area contributed by atoms with Gasteiger partial charge in [0.05, 0.1) is 11.6 Å². The molecule has 0 aliphatic rings. The van der Waals surface area contributed by atoms with E-state index in [4.69, 9.17) is 5.26 Å². The van der Waals surface area contributed by atoms with E-state index in [1.807, 2.05) is 24.3 Å². The monoisotopic (exact) mass is 199 g/mol. The topological polar surface area (TPSA) is 23.8 Å². The van der Waals surface area contributed by atoms with Crippen LogP contribution in [0.3, 0.4) is 0 Å². The zero-order valence-corrected chi connectivity index (χ0v) is 9.67. The van der Waals surface area contributed by atoms with Crippen LogP contribution in [-0.2, 0) is 6.42 Å². The number of nitriles is 1. The summed E-state index contributed by atoms with van der Waals surface area (Å²) >= 11 is 0. The first-order valence-corrected chi connectivity index (χ1v) is 5.11. The van der Waals surface area contributed by atoms with Crippen LogP contribution in [0.15, 0.2) is 36.4 Å². The molecular formula is C14H17N. The highest BCUT2D eigenvalue weighted by Crippen LogP contribution is 2.28. The van der Waals surface area contributed by atoms with Crippen LogP contribution in [0.25, 0.3) is 0 Å². The average molecular weight is 199 g/mol. The Morgan fingerprint density at radius 2 is 1.87 bits per heavy atom. The minimum absolute atomic E-state index is 0.119. The van der Waals surface area contributed by atoms with Gasteiger partial charge in [-0.05, 0) is 36.5 Å². The fourth-order valence-electron chi connectivity index (χ4n) is 1.36. The first-order chi connectivity index (χ1) is 6.95. The highest BCUT2D eigenvalue weighted by molar-refractivity contribution is 5.32. The maximum Gasteiger partial charge on any atom is 0.0991 e. The van der Waals surface area contributed by atoms with Crippen molar-refractivity contribution < 1.29 is 0 Å².